The molecule has 3 rings (SSSR count). The lowest BCUT2D eigenvalue weighted by Crippen LogP contribution is -2.59. The van der Waals surface area contributed by atoms with Gasteiger partial charge in [0.15, 0.2) is 23.5 Å². The highest BCUT2D eigenvalue weighted by atomic mass is 16.7. The third-order valence-corrected chi connectivity index (χ3v) is 9.55. The number of carbonyl (C=O) groups is 4. The summed E-state index contributed by atoms with van der Waals surface area (Å²) >= 11 is 0. The second kappa shape index (κ2) is 13.3. The summed E-state index contributed by atoms with van der Waals surface area (Å²) in [6, 6.07) is -1.24. The van der Waals surface area contributed by atoms with Crippen LogP contribution in [0, 0.1) is 17.8 Å². The maximum Gasteiger partial charge on any atom is 0.408 e. The molecule has 3 saturated heterocycles. The molecule has 3 fully saturated rings. The fraction of sp³-hybridized carbons (Fsp3) is 0.806. The molecular weight excluding hydrogens is 560 g/mol. The van der Waals surface area contributed by atoms with Gasteiger partial charge in [-0.3, -0.25) is 14.4 Å². The van der Waals surface area contributed by atoms with E-state index in [0.29, 0.717) is 6.42 Å². The standard InChI is InChI=1S/C31H50N2O10/c1-12-21-31(8)25(32-29(38)43-31)17(4)22(34)15(2)14-30(7,39-11)26(18(5)23(35)19(6)27(37)41-21)42-28-24(36)20(33(9)10)13-16(3)40-28/h15-16,18-21,24-26,28,36H,4,12-14H2,1-3,5-11H3,(H,32,38)/t15-,16-,18+,19-,20+,21-,24-,25-,26-,28+,30+,31-/m1/s1. The number of nitrogens with one attached hydrogen (secondary N) is 1. The lowest BCUT2D eigenvalue weighted by molar-refractivity contribution is -0.295. The first kappa shape index (κ1) is 35.1. The number of ether oxygens (including phenoxy) is 5. The average molecular weight is 611 g/mol. The molecule has 3 heterocycles. The van der Waals surface area contributed by atoms with Crippen LogP contribution in [-0.2, 0) is 38.1 Å². The maximum atomic E-state index is 13.9. The van der Waals surface area contributed by atoms with Gasteiger partial charge in [0.05, 0.1) is 17.8 Å². The zero-order valence-corrected chi connectivity index (χ0v) is 27.2. The van der Waals surface area contributed by atoms with Crippen molar-refractivity contribution in [2.45, 2.75) is 122 Å². The van der Waals surface area contributed by atoms with Crippen LogP contribution in [0.2, 0.25) is 0 Å². The number of esters is 1. The van der Waals surface area contributed by atoms with Gasteiger partial charge in [-0.15, -0.1) is 0 Å². The Morgan fingerprint density at radius 2 is 1.74 bits per heavy atom. The third kappa shape index (κ3) is 6.83. The predicted octanol–water partition coefficient (Wildman–Crippen LogP) is 2.40. The van der Waals surface area contributed by atoms with E-state index < -0.39 is 77.4 Å². The van der Waals surface area contributed by atoms with Crippen molar-refractivity contribution in [1.82, 2.24) is 10.2 Å². The Hall–Kier alpha value is -2.38. The van der Waals surface area contributed by atoms with E-state index in [9.17, 15) is 24.3 Å². The lowest BCUT2D eigenvalue weighted by Gasteiger charge is -2.46. The Morgan fingerprint density at radius 3 is 2.30 bits per heavy atom. The van der Waals surface area contributed by atoms with Crippen molar-refractivity contribution in [3.63, 3.8) is 0 Å². The van der Waals surface area contributed by atoms with Gasteiger partial charge < -0.3 is 39.0 Å². The summed E-state index contributed by atoms with van der Waals surface area (Å²) < 4.78 is 29.9. The van der Waals surface area contributed by atoms with Crippen LogP contribution in [0.4, 0.5) is 4.79 Å². The van der Waals surface area contributed by atoms with Crippen molar-refractivity contribution >= 4 is 23.6 Å². The molecule has 12 nitrogen and oxygen atoms in total. The number of ketones is 2. The molecule has 0 spiro atoms. The highest BCUT2D eigenvalue weighted by molar-refractivity contribution is 6.00. The minimum Gasteiger partial charge on any atom is -0.457 e. The van der Waals surface area contributed by atoms with E-state index in [2.05, 4.69) is 11.9 Å². The highest BCUT2D eigenvalue weighted by Gasteiger charge is 2.56. The van der Waals surface area contributed by atoms with Crippen LogP contribution in [0.25, 0.3) is 0 Å². The van der Waals surface area contributed by atoms with Crippen LogP contribution in [-0.4, -0.2) is 109 Å². The largest absolute Gasteiger partial charge is 0.457 e. The molecule has 0 aromatic carbocycles. The van der Waals surface area contributed by atoms with E-state index in [0.717, 1.165) is 0 Å². The SMILES string of the molecule is C=C1C(=O)[C@H](C)C[C@](C)(OC)[C@H](O[C@@H]2O[C@H](C)C[C@H](N(C)C)[C@H]2O)[C@@H](C)C(=O)[C@@H](C)C(=O)O[C@H](CC)[C@@]2(C)OC(=O)N[C@H]12. The number of nitrogens with zero attached hydrogens (tertiary/aromatic N) is 1. The van der Waals surface area contributed by atoms with E-state index >= 15 is 0 Å². The van der Waals surface area contributed by atoms with Crippen molar-refractivity contribution in [3.05, 3.63) is 12.2 Å². The summed E-state index contributed by atoms with van der Waals surface area (Å²) in [5.74, 6) is -4.48. The smallest absolute Gasteiger partial charge is 0.408 e. The lowest BCUT2D eigenvalue weighted by atomic mass is 9.75. The Bertz CT molecular complexity index is 1100. The summed E-state index contributed by atoms with van der Waals surface area (Å²) in [6.07, 6.45) is -4.26. The van der Waals surface area contributed by atoms with E-state index in [4.69, 9.17) is 23.7 Å². The molecule has 0 unspecified atom stereocenters. The first-order chi connectivity index (χ1) is 19.9. The number of aliphatic hydroxyl groups excluding tert-OH is 1. The molecule has 3 aliphatic heterocycles. The molecule has 0 bridgehead atoms. The van der Waals surface area contributed by atoms with Gasteiger partial charge >= 0.3 is 12.1 Å². The topological polar surface area (TPSA) is 150 Å². The monoisotopic (exact) mass is 610 g/mol. The Kier molecular flexibility index (Phi) is 10.9. The molecular formula is C31H50N2O10. The Labute approximate surface area is 254 Å². The zero-order chi connectivity index (χ0) is 32.6. The molecule has 12 heteroatoms. The first-order valence-electron chi connectivity index (χ1n) is 15.1. The number of rotatable bonds is 5. The quantitative estimate of drug-likeness (QED) is 0.268. The number of methoxy groups -OCH3 is 1. The summed E-state index contributed by atoms with van der Waals surface area (Å²) in [5, 5.41) is 13.9. The molecule has 1 amide bonds. The van der Waals surface area contributed by atoms with Gasteiger partial charge in [-0.1, -0.05) is 27.4 Å². The molecule has 43 heavy (non-hydrogen) atoms. The van der Waals surface area contributed by atoms with Crippen LogP contribution in [0.15, 0.2) is 12.2 Å². The summed E-state index contributed by atoms with van der Waals surface area (Å²) in [7, 11) is 5.17. The number of fused-ring (bicyclic) bond motifs is 1. The van der Waals surface area contributed by atoms with Gasteiger partial charge in [-0.25, -0.2) is 4.79 Å². The van der Waals surface area contributed by atoms with E-state index in [1.165, 1.54) is 14.0 Å². The average Bonchev–Trinajstić information content (AvgIpc) is 3.27. The van der Waals surface area contributed by atoms with Crippen LogP contribution < -0.4 is 5.32 Å². The molecule has 0 aromatic rings. The van der Waals surface area contributed by atoms with Gasteiger partial charge in [0.2, 0.25) is 0 Å². The van der Waals surface area contributed by atoms with Crippen molar-refractivity contribution in [3.8, 4) is 0 Å². The predicted molar refractivity (Wildman–Crippen MR) is 156 cm³/mol. The molecule has 0 radical (unpaired) electrons. The third-order valence-electron chi connectivity index (χ3n) is 9.55. The second-order valence-electron chi connectivity index (χ2n) is 13.0. The first-order valence-corrected chi connectivity index (χ1v) is 15.1. The van der Waals surface area contributed by atoms with Gasteiger partial charge in [-0.05, 0) is 61.1 Å². The minimum absolute atomic E-state index is 0.0907. The number of hydrogen-bond acceptors (Lipinski definition) is 11. The van der Waals surface area contributed by atoms with Crippen molar-refractivity contribution in [2.24, 2.45) is 17.8 Å². The van der Waals surface area contributed by atoms with E-state index in [1.807, 2.05) is 25.9 Å². The Balaban J connectivity index is 2.09. The maximum absolute atomic E-state index is 13.9. The highest BCUT2D eigenvalue weighted by Crippen LogP contribution is 2.39. The fourth-order valence-electron chi connectivity index (χ4n) is 6.81. The minimum atomic E-state index is -1.43. The van der Waals surface area contributed by atoms with Crippen LogP contribution in [0.5, 0.6) is 0 Å². The van der Waals surface area contributed by atoms with Crippen LogP contribution >= 0.6 is 0 Å². The number of aliphatic hydroxyl groups is 1. The zero-order valence-electron chi connectivity index (χ0n) is 27.2. The molecule has 0 aromatic heterocycles. The second-order valence-corrected chi connectivity index (χ2v) is 13.0. The van der Waals surface area contributed by atoms with Crippen molar-refractivity contribution in [1.29, 1.82) is 0 Å². The van der Waals surface area contributed by atoms with Gasteiger partial charge in [0, 0.05) is 30.6 Å². The number of cyclic esters (lactones) is 1. The summed E-state index contributed by atoms with van der Waals surface area (Å²) in [5.41, 5.74) is -2.61. The number of hydrogen-bond donors (Lipinski definition) is 2. The summed E-state index contributed by atoms with van der Waals surface area (Å²) in [4.78, 5) is 55.5. The van der Waals surface area contributed by atoms with E-state index in [1.54, 1.807) is 34.6 Å². The van der Waals surface area contributed by atoms with Gasteiger partial charge in [0.25, 0.3) is 0 Å². The Morgan fingerprint density at radius 1 is 1.12 bits per heavy atom. The number of alkyl carbamates (subject to hydrolysis) is 1. The molecule has 0 aliphatic carbocycles. The number of carbonyl (C=O) groups excluding carboxylic acids is 4. The van der Waals surface area contributed by atoms with Crippen molar-refractivity contribution < 1.29 is 48.0 Å². The summed E-state index contributed by atoms with van der Waals surface area (Å²) in [6.45, 7) is 15.8. The fourth-order valence-corrected chi connectivity index (χ4v) is 6.81. The van der Waals surface area contributed by atoms with Crippen LogP contribution in [0.3, 0.4) is 0 Å². The molecule has 244 valence electrons. The number of likely N-dealkylation sites (N-methyl/N-ethyl adjacent to an activating group) is 1. The number of Topliss-reactive ketones (excluding diaryl/α,β-unsaturated/α-hetero) is 2. The molecule has 3 aliphatic rings. The normalized spacial score (nSPS) is 43.5. The number of amides is 1. The van der Waals surface area contributed by atoms with Crippen molar-refractivity contribution in [2.75, 3.05) is 21.2 Å². The van der Waals surface area contributed by atoms with E-state index in [-0.39, 0.29) is 36.3 Å². The van der Waals surface area contributed by atoms with Gasteiger partial charge in [-0.2, -0.15) is 0 Å². The molecule has 0 saturated carbocycles. The molecule has 12 atom stereocenters. The molecule has 2 N–H and O–H groups in total. The van der Waals surface area contributed by atoms with Gasteiger partial charge in [0.1, 0.15) is 24.2 Å². The van der Waals surface area contributed by atoms with Crippen LogP contribution in [0.1, 0.15) is 67.7 Å².